The van der Waals surface area contributed by atoms with Gasteiger partial charge in [0.05, 0.1) is 18.3 Å². The molecule has 19 heavy (non-hydrogen) atoms. The summed E-state index contributed by atoms with van der Waals surface area (Å²) in [5.41, 5.74) is 2.02. The molecule has 5 heteroatoms. The van der Waals surface area contributed by atoms with Gasteiger partial charge in [-0.3, -0.25) is 14.6 Å². The summed E-state index contributed by atoms with van der Waals surface area (Å²) in [6.45, 7) is 6.30. The first-order chi connectivity index (χ1) is 9.16. The lowest BCUT2D eigenvalue weighted by Gasteiger charge is -2.17. The number of aromatic nitrogens is 1. The van der Waals surface area contributed by atoms with Crippen LogP contribution in [0.3, 0.4) is 0 Å². The number of aryl methyl sites for hydroxylation is 1. The van der Waals surface area contributed by atoms with Crippen LogP contribution in [-0.4, -0.2) is 35.7 Å². The topological polar surface area (TPSA) is 54.5 Å². The standard InChI is InChI=1S/C14H21N3O2/c1-11-5-3-7-15-14(11)12(2)16-13(18)6-9-17-8-4-10-19-17/h3,5,7,12H,4,6,8-10H2,1-2H3,(H,16,18)/t12-/m0/s1. The van der Waals surface area contributed by atoms with Crippen molar-refractivity contribution in [1.82, 2.24) is 15.4 Å². The van der Waals surface area contributed by atoms with E-state index in [1.807, 2.05) is 31.0 Å². The number of pyridine rings is 1. The molecule has 0 spiro atoms. The van der Waals surface area contributed by atoms with Crippen LogP contribution in [0.2, 0.25) is 0 Å². The highest BCUT2D eigenvalue weighted by atomic mass is 16.7. The third-order valence-corrected chi connectivity index (χ3v) is 3.25. The van der Waals surface area contributed by atoms with Gasteiger partial charge < -0.3 is 5.32 Å². The quantitative estimate of drug-likeness (QED) is 0.876. The highest BCUT2D eigenvalue weighted by Gasteiger charge is 2.16. The van der Waals surface area contributed by atoms with Gasteiger partial charge in [0, 0.05) is 25.7 Å². The normalized spacial score (nSPS) is 17.4. The van der Waals surface area contributed by atoms with Crippen molar-refractivity contribution in [2.75, 3.05) is 19.7 Å². The number of hydrogen-bond acceptors (Lipinski definition) is 4. The molecular formula is C14H21N3O2. The van der Waals surface area contributed by atoms with E-state index in [9.17, 15) is 4.79 Å². The van der Waals surface area contributed by atoms with Crippen LogP contribution in [0.15, 0.2) is 18.3 Å². The van der Waals surface area contributed by atoms with Crippen LogP contribution in [0.4, 0.5) is 0 Å². The van der Waals surface area contributed by atoms with Crippen molar-refractivity contribution < 1.29 is 9.63 Å². The molecule has 0 bridgehead atoms. The van der Waals surface area contributed by atoms with Crippen LogP contribution in [-0.2, 0) is 9.63 Å². The zero-order chi connectivity index (χ0) is 13.7. The second kappa shape index (κ2) is 6.63. The molecule has 5 nitrogen and oxygen atoms in total. The number of nitrogens with zero attached hydrogens (tertiary/aromatic N) is 2. The van der Waals surface area contributed by atoms with E-state index >= 15 is 0 Å². The molecule has 1 amide bonds. The van der Waals surface area contributed by atoms with Crippen molar-refractivity contribution in [1.29, 1.82) is 0 Å². The number of amides is 1. The molecule has 1 aromatic rings. The Labute approximate surface area is 113 Å². The summed E-state index contributed by atoms with van der Waals surface area (Å²) < 4.78 is 0. The zero-order valence-corrected chi connectivity index (χ0v) is 11.6. The van der Waals surface area contributed by atoms with Crippen LogP contribution in [0.5, 0.6) is 0 Å². The molecule has 104 valence electrons. The van der Waals surface area contributed by atoms with E-state index in [0.29, 0.717) is 13.0 Å². The maximum Gasteiger partial charge on any atom is 0.221 e. The summed E-state index contributed by atoms with van der Waals surface area (Å²) >= 11 is 0. The van der Waals surface area contributed by atoms with Crippen LogP contribution in [0, 0.1) is 6.92 Å². The van der Waals surface area contributed by atoms with Crippen molar-refractivity contribution in [3.63, 3.8) is 0 Å². The highest BCUT2D eigenvalue weighted by Crippen LogP contribution is 2.13. The fourth-order valence-electron chi connectivity index (χ4n) is 2.23. The molecule has 0 aliphatic carbocycles. The van der Waals surface area contributed by atoms with Crippen LogP contribution in [0.25, 0.3) is 0 Å². The fourth-order valence-corrected chi connectivity index (χ4v) is 2.23. The molecule has 2 heterocycles. The summed E-state index contributed by atoms with van der Waals surface area (Å²) in [5, 5.41) is 4.83. The summed E-state index contributed by atoms with van der Waals surface area (Å²) in [6.07, 6.45) is 3.25. The molecule has 1 aliphatic rings. The molecule has 0 saturated carbocycles. The van der Waals surface area contributed by atoms with E-state index in [0.717, 1.165) is 30.8 Å². The van der Waals surface area contributed by atoms with E-state index in [1.165, 1.54) is 0 Å². The lowest BCUT2D eigenvalue weighted by Crippen LogP contribution is -2.31. The van der Waals surface area contributed by atoms with E-state index in [2.05, 4.69) is 10.3 Å². The molecule has 1 aliphatic heterocycles. The Bertz CT molecular complexity index is 430. The molecule has 0 radical (unpaired) electrons. The first-order valence-corrected chi connectivity index (χ1v) is 6.75. The number of rotatable bonds is 5. The van der Waals surface area contributed by atoms with Crippen LogP contribution in [0.1, 0.15) is 37.1 Å². The van der Waals surface area contributed by atoms with Gasteiger partial charge in [-0.1, -0.05) is 6.07 Å². The lowest BCUT2D eigenvalue weighted by atomic mass is 10.1. The average molecular weight is 263 g/mol. The van der Waals surface area contributed by atoms with Gasteiger partial charge in [0.2, 0.25) is 5.91 Å². The molecule has 0 unspecified atom stereocenters. The zero-order valence-electron chi connectivity index (χ0n) is 11.6. The van der Waals surface area contributed by atoms with E-state index in [-0.39, 0.29) is 11.9 Å². The number of hydroxylamine groups is 2. The van der Waals surface area contributed by atoms with Crippen LogP contribution < -0.4 is 5.32 Å². The van der Waals surface area contributed by atoms with E-state index in [4.69, 9.17) is 4.84 Å². The first-order valence-electron chi connectivity index (χ1n) is 6.75. The van der Waals surface area contributed by atoms with Gasteiger partial charge in [0.25, 0.3) is 0 Å². The van der Waals surface area contributed by atoms with Crippen molar-refractivity contribution >= 4 is 5.91 Å². The monoisotopic (exact) mass is 263 g/mol. The van der Waals surface area contributed by atoms with Gasteiger partial charge in [0.15, 0.2) is 0 Å². The minimum Gasteiger partial charge on any atom is -0.348 e. The average Bonchev–Trinajstić information content (AvgIpc) is 2.90. The Hall–Kier alpha value is -1.46. The van der Waals surface area contributed by atoms with Gasteiger partial charge in [-0.05, 0) is 31.9 Å². The summed E-state index contributed by atoms with van der Waals surface area (Å²) in [5.74, 6) is 0.0352. The van der Waals surface area contributed by atoms with Gasteiger partial charge >= 0.3 is 0 Å². The number of carbonyl (C=O) groups excluding carboxylic acids is 1. The van der Waals surface area contributed by atoms with Gasteiger partial charge in [-0.2, -0.15) is 5.06 Å². The Kier molecular flexibility index (Phi) is 4.87. The summed E-state index contributed by atoms with van der Waals surface area (Å²) in [7, 11) is 0. The highest BCUT2D eigenvalue weighted by molar-refractivity contribution is 5.76. The Morgan fingerprint density at radius 1 is 1.63 bits per heavy atom. The largest absolute Gasteiger partial charge is 0.348 e. The smallest absolute Gasteiger partial charge is 0.221 e. The van der Waals surface area contributed by atoms with Gasteiger partial charge in [0.1, 0.15) is 0 Å². The molecule has 1 saturated heterocycles. The molecule has 1 aromatic heterocycles. The molecule has 0 aromatic carbocycles. The lowest BCUT2D eigenvalue weighted by molar-refractivity contribution is -0.130. The van der Waals surface area contributed by atoms with E-state index < -0.39 is 0 Å². The van der Waals surface area contributed by atoms with E-state index in [1.54, 1.807) is 6.20 Å². The third-order valence-electron chi connectivity index (χ3n) is 3.25. The first kappa shape index (κ1) is 14.0. The molecule has 1 atom stereocenters. The Balaban J connectivity index is 1.79. The molecular weight excluding hydrogens is 242 g/mol. The van der Waals surface area contributed by atoms with Gasteiger partial charge in [-0.15, -0.1) is 0 Å². The molecule has 1 N–H and O–H groups in total. The third kappa shape index (κ3) is 4.01. The van der Waals surface area contributed by atoms with Gasteiger partial charge in [-0.25, -0.2) is 0 Å². The second-order valence-electron chi connectivity index (χ2n) is 4.86. The molecule has 1 fully saturated rings. The predicted octanol–water partition coefficient (Wildman–Crippen LogP) is 1.59. The summed E-state index contributed by atoms with van der Waals surface area (Å²) in [6, 6.07) is 3.84. The molecule has 2 rings (SSSR count). The van der Waals surface area contributed by atoms with Crippen molar-refractivity contribution in [2.45, 2.75) is 32.7 Å². The minimum absolute atomic E-state index is 0.0352. The van der Waals surface area contributed by atoms with Crippen molar-refractivity contribution in [3.8, 4) is 0 Å². The Morgan fingerprint density at radius 3 is 3.16 bits per heavy atom. The van der Waals surface area contributed by atoms with Crippen molar-refractivity contribution in [3.05, 3.63) is 29.6 Å². The number of nitrogens with one attached hydrogen (secondary N) is 1. The number of hydrogen-bond donors (Lipinski definition) is 1. The maximum atomic E-state index is 11.9. The second-order valence-corrected chi connectivity index (χ2v) is 4.86. The summed E-state index contributed by atoms with van der Waals surface area (Å²) in [4.78, 5) is 21.5. The predicted molar refractivity (Wildman–Crippen MR) is 72.3 cm³/mol. The van der Waals surface area contributed by atoms with Crippen molar-refractivity contribution in [2.24, 2.45) is 0 Å². The Morgan fingerprint density at radius 2 is 2.47 bits per heavy atom. The number of carbonyl (C=O) groups is 1. The fraction of sp³-hybridized carbons (Fsp3) is 0.571. The SMILES string of the molecule is Cc1cccnc1[C@H](C)NC(=O)CCN1CCCO1. The van der Waals surface area contributed by atoms with Crippen LogP contribution >= 0.6 is 0 Å². The maximum absolute atomic E-state index is 11.9. The minimum atomic E-state index is -0.0619.